The zero-order valence-electron chi connectivity index (χ0n) is 15.6. The number of hydrogen-bond donors (Lipinski definition) is 1. The number of fused-ring (bicyclic) bond motifs is 1. The predicted octanol–water partition coefficient (Wildman–Crippen LogP) is 3.83. The van der Waals surface area contributed by atoms with Crippen LogP contribution in [0.15, 0.2) is 53.8 Å². The molecule has 0 spiro atoms. The molecule has 1 fully saturated rings. The molecule has 4 rings (SSSR count). The van der Waals surface area contributed by atoms with Crippen molar-refractivity contribution in [2.24, 2.45) is 0 Å². The van der Waals surface area contributed by atoms with Gasteiger partial charge in [-0.15, -0.1) is 0 Å². The minimum absolute atomic E-state index is 0.00486. The van der Waals surface area contributed by atoms with Gasteiger partial charge in [-0.2, -0.15) is 0 Å². The maximum atomic E-state index is 12.5. The highest BCUT2D eigenvalue weighted by Gasteiger charge is 2.33. The van der Waals surface area contributed by atoms with E-state index in [0.717, 1.165) is 24.2 Å². The van der Waals surface area contributed by atoms with Crippen molar-refractivity contribution < 1.29 is 19.4 Å². The summed E-state index contributed by atoms with van der Waals surface area (Å²) in [6.45, 7) is 6.31. The van der Waals surface area contributed by atoms with Crippen LogP contribution in [0.1, 0.15) is 41.4 Å². The Labute approximate surface area is 158 Å². The van der Waals surface area contributed by atoms with Gasteiger partial charge in [-0.1, -0.05) is 30.3 Å². The first-order valence-corrected chi connectivity index (χ1v) is 9.18. The summed E-state index contributed by atoms with van der Waals surface area (Å²) in [4.78, 5) is 14.8. The number of carbonyl (C=O) groups is 1. The Hall–Kier alpha value is -2.63. The third-order valence-electron chi connectivity index (χ3n) is 5.05. The minimum Gasteiger partial charge on any atom is -0.507 e. The molecule has 0 radical (unpaired) electrons. The molecule has 0 bridgehead atoms. The topological polar surface area (TPSA) is 59.0 Å². The zero-order chi connectivity index (χ0) is 19.0. The molecule has 0 amide bonds. The first kappa shape index (κ1) is 17.8. The van der Waals surface area contributed by atoms with E-state index in [9.17, 15) is 9.90 Å². The monoisotopic (exact) mass is 365 g/mol. The van der Waals surface area contributed by atoms with Crippen molar-refractivity contribution in [3.05, 3.63) is 70.5 Å². The maximum absolute atomic E-state index is 12.5. The Kier molecular flexibility index (Phi) is 4.72. The van der Waals surface area contributed by atoms with Crippen molar-refractivity contribution >= 4 is 5.78 Å². The summed E-state index contributed by atoms with van der Waals surface area (Å²) in [5, 5.41) is 10.4. The molecular weight excluding hydrogens is 342 g/mol. The lowest BCUT2D eigenvalue weighted by Crippen LogP contribution is -2.37. The Morgan fingerprint density at radius 3 is 2.70 bits per heavy atom. The number of ketones is 1. The quantitative estimate of drug-likeness (QED) is 0.838. The largest absolute Gasteiger partial charge is 0.507 e. The molecule has 1 saturated heterocycles. The van der Waals surface area contributed by atoms with Gasteiger partial charge in [0.25, 0.3) is 0 Å². The average molecular weight is 365 g/mol. The number of phenolic OH excluding ortho intramolecular Hbond substituents is 1. The molecular formula is C22H23NO4. The molecule has 0 aliphatic carbocycles. The van der Waals surface area contributed by atoms with E-state index in [2.05, 4.69) is 17.0 Å². The van der Waals surface area contributed by atoms with Gasteiger partial charge in [-0.25, -0.2) is 0 Å². The van der Waals surface area contributed by atoms with Crippen molar-refractivity contribution in [1.82, 2.24) is 4.90 Å². The van der Waals surface area contributed by atoms with E-state index < -0.39 is 0 Å². The van der Waals surface area contributed by atoms with Crippen LogP contribution in [0, 0.1) is 0 Å². The highest BCUT2D eigenvalue weighted by atomic mass is 16.5. The fourth-order valence-corrected chi connectivity index (χ4v) is 3.60. The van der Waals surface area contributed by atoms with Gasteiger partial charge < -0.3 is 14.6 Å². The molecule has 5 heteroatoms. The number of aromatic hydroxyl groups is 1. The van der Waals surface area contributed by atoms with Crippen LogP contribution < -0.4 is 4.74 Å². The lowest BCUT2D eigenvalue weighted by Gasteiger charge is -2.33. The van der Waals surface area contributed by atoms with Crippen LogP contribution in [0.4, 0.5) is 0 Å². The Balaban J connectivity index is 1.59. The van der Waals surface area contributed by atoms with Crippen LogP contribution in [0.5, 0.6) is 11.5 Å². The lowest BCUT2D eigenvalue weighted by molar-refractivity contribution is -0.0332. The van der Waals surface area contributed by atoms with Gasteiger partial charge in [0, 0.05) is 19.6 Å². The summed E-state index contributed by atoms with van der Waals surface area (Å²) in [5.74, 6) is 0.884. The van der Waals surface area contributed by atoms with E-state index in [1.807, 2.05) is 32.0 Å². The van der Waals surface area contributed by atoms with Crippen molar-refractivity contribution in [3.8, 4) is 11.5 Å². The average Bonchev–Trinajstić information content (AvgIpc) is 3.02. The number of morpholine rings is 1. The van der Waals surface area contributed by atoms with E-state index in [1.165, 1.54) is 0 Å². The van der Waals surface area contributed by atoms with Crippen molar-refractivity contribution in [2.75, 3.05) is 19.7 Å². The van der Waals surface area contributed by atoms with E-state index >= 15 is 0 Å². The Morgan fingerprint density at radius 1 is 1.19 bits per heavy atom. The highest BCUT2D eigenvalue weighted by Crippen LogP contribution is 2.40. The molecule has 1 N–H and O–H groups in total. The third-order valence-corrected chi connectivity index (χ3v) is 5.05. The number of phenols is 1. The Bertz CT molecular complexity index is 900. The SMILES string of the molecule is CC(C)=C1Oc2c(ccc(O)c2CN2CCO[C@H](c3ccccc3)C2)C1=O. The third kappa shape index (κ3) is 3.36. The molecule has 0 aromatic heterocycles. The molecule has 1 atom stereocenters. The number of hydrogen-bond acceptors (Lipinski definition) is 5. The van der Waals surface area contributed by atoms with Gasteiger partial charge in [0.2, 0.25) is 5.78 Å². The standard InChI is InChI=1S/C22H23NO4/c1-14(2)21-20(25)16-8-9-18(24)17(22(16)27-21)12-23-10-11-26-19(13-23)15-6-4-3-5-7-15/h3-9,19,24H,10-13H2,1-2H3/t19-/m0/s1. The Morgan fingerprint density at radius 2 is 1.96 bits per heavy atom. The number of nitrogens with zero attached hydrogens (tertiary/aromatic N) is 1. The van der Waals surface area contributed by atoms with Crippen molar-refractivity contribution in [1.29, 1.82) is 0 Å². The second kappa shape index (κ2) is 7.18. The smallest absolute Gasteiger partial charge is 0.231 e. The molecule has 0 saturated carbocycles. The van der Waals surface area contributed by atoms with Gasteiger partial charge in [0.1, 0.15) is 11.5 Å². The second-order valence-corrected chi connectivity index (χ2v) is 7.21. The molecule has 2 heterocycles. The van der Waals surface area contributed by atoms with Crippen LogP contribution >= 0.6 is 0 Å². The normalized spacial score (nSPS) is 19.7. The molecule has 27 heavy (non-hydrogen) atoms. The van der Waals surface area contributed by atoms with E-state index in [-0.39, 0.29) is 17.6 Å². The second-order valence-electron chi connectivity index (χ2n) is 7.21. The first-order valence-electron chi connectivity index (χ1n) is 9.18. The summed E-state index contributed by atoms with van der Waals surface area (Å²) >= 11 is 0. The highest BCUT2D eigenvalue weighted by molar-refractivity contribution is 6.13. The van der Waals surface area contributed by atoms with Crippen LogP contribution in [-0.2, 0) is 11.3 Å². The summed E-state index contributed by atoms with van der Waals surface area (Å²) in [6, 6.07) is 13.4. The number of ether oxygens (including phenoxy) is 2. The van der Waals surface area contributed by atoms with Crippen LogP contribution in [0.2, 0.25) is 0 Å². The molecule has 2 aliphatic rings. The van der Waals surface area contributed by atoms with Gasteiger partial charge in [0.15, 0.2) is 5.76 Å². The fourth-order valence-electron chi connectivity index (χ4n) is 3.60. The zero-order valence-corrected chi connectivity index (χ0v) is 15.6. The molecule has 2 aromatic carbocycles. The van der Waals surface area contributed by atoms with E-state index in [4.69, 9.17) is 9.47 Å². The van der Waals surface area contributed by atoms with Crippen LogP contribution in [0.3, 0.4) is 0 Å². The van der Waals surface area contributed by atoms with E-state index in [0.29, 0.717) is 35.8 Å². The van der Waals surface area contributed by atoms with Gasteiger partial charge in [-0.05, 0) is 37.1 Å². The number of allylic oxidation sites excluding steroid dienone is 2. The number of rotatable bonds is 3. The van der Waals surface area contributed by atoms with Gasteiger partial charge >= 0.3 is 0 Å². The lowest BCUT2D eigenvalue weighted by atomic mass is 10.0. The summed E-state index contributed by atoms with van der Waals surface area (Å²) in [7, 11) is 0. The number of Topliss-reactive ketones (excluding diaryl/α,β-unsaturated/α-hetero) is 1. The molecule has 140 valence electrons. The van der Waals surface area contributed by atoms with Crippen molar-refractivity contribution in [2.45, 2.75) is 26.5 Å². The fraction of sp³-hybridized carbons (Fsp3) is 0.318. The van der Waals surface area contributed by atoms with E-state index in [1.54, 1.807) is 12.1 Å². The predicted molar refractivity (Wildman–Crippen MR) is 102 cm³/mol. The van der Waals surface area contributed by atoms with Gasteiger partial charge in [0.05, 0.1) is 23.8 Å². The summed E-state index contributed by atoms with van der Waals surface area (Å²) < 4.78 is 11.8. The van der Waals surface area contributed by atoms with Crippen LogP contribution in [-0.4, -0.2) is 35.5 Å². The molecule has 2 aromatic rings. The van der Waals surface area contributed by atoms with Gasteiger partial charge in [-0.3, -0.25) is 9.69 Å². The minimum atomic E-state index is -0.115. The first-order chi connectivity index (χ1) is 13.0. The number of carbonyl (C=O) groups excluding carboxylic acids is 1. The maximum Gasteiger partial charge on any atom is 0.231 e. The number of benzene rings is 2. The van der Waals surface area contributed by atoms with Crippen LogP contribution in [0.25, 0.3) is 0 Å². The summed E-state index contributed by atoms with van der Waals surface area (Å²) in [6.07, 6.45) is -0.00486. The molecule has 0 unspecified atom stereocenters. The summed E-state index contributed by atoms with van der Waals surface area (Å²) in [5.41, 5.74) is 3.15. The molecule has 2 aliphatic heterocycles. The van der Waals surface area contributed by atoms with Crippen molar-refractivity contribution in [3.63, 3.8) is 0 Å². The molecule has 5 nitrogen and oxygen atoms in total.